The molecule has 0 heterocycles. The van der Waals surface area contributed by atoms with Crippen LogP contribution in [0.3, 0.4) is 0 Å². The number of hydrogen-bond acceptors (Lipinski definition) is 3. The van der Waals surface area contributed by atoms with E-state index in [2.05, 4.69) is 39.9 Å². The van der Waals surface area contributed by atoms with Gasteiger partial charge in [0.25, 0.3) is 0 Å². The van der Waals surface area contributed by atoms with Crippen molar-refractivity contribution in [2.45, 2.75) is 32.9 Å². The predicted octanol–water partition coefficient (Wildman–Crippen LogP) is 2.93. The molecule has 1 aromatic carbocycles. The molecule has 136 valence electrons. The first kappa shape index (κ1) is 21.2. The molecule has 2 rings (SSSR count). The molecule has 1 saturated carbocycles. The molecule has 1 aliphatic carbocycles. The zero-order valence-corrected chi connectivity index (χ0v) is 17.0. The summed E-state index contributed by atoms with van der Waals surface area (Å²) in [6.45, 7) is 6.42. The smallest absolute Gasteiger partial charge is 0.191 e. The van der Waals surface area contributed by atoms with Gasteiger partial charge in [0.05, 0.1) is 19.8 Å². The van der Waals surface area contributed by atoms with Crippen molar-refractivity contribution in [1.82, 2.24) is 10.6 Å². The molecular weight excluding hydrogens is 417 g/mol. The lowest BCUT2D eigenvalue weighted by atomic mass is 10.1. The van der Waals surface area contributed by atoms with E-state index in [9.17, 15) is 0 Å². The second-order valence-corrected chi connectivity index (χ2v) is 5.82. The molecule has 0 atom stereocenters. The predicted molar refractivity (Wildman–Crippen MR) is 109 cm³/mol. The van der Waals surface area contributed by atoms with Gasteiger partial charge in [-0.2, -0.15) is 0 Å². The number of guanidine groups is 1. The minimum atomic E-state index is 0. The molecule has 1 aromatic rings. The van der Waals surface area contributed by atoms with Crippen LogP contribution < -0.4 is 10.6 Å². The number of halogens is 1. The first-order valence-electron chi connectivity index (χ1n) is 8.49. The van der Waals surface area contributed by atoms with Crippen LogP contribution in [-0.4, -0.2) is 39.4 Å². The van der Waals surface area contributed by atoms with Crippen LogP contribution in [0.15, 0.2) is 29.3 Å². The van der Waals surface area contributed by atoms with Gasteiger partial charge in [-0.1, -0.05) is 24.3 Å². The number of benzene rings is 1. The van der Waals surface area contributed by atoms with Crippen LogP contribution in [0.4, 0.5) is 0 Å². The minimum Gasteiger partial charge on any atom is -0.379 e. The van der Waals surface area contributed by atoms with Gasteiger partial charge in [0, 0.05) is 26.7 Å². The fourth-order valence-corrected chi connectivity index (χ4v) is 2.25. The van der Waals surface area contributed by atoms with Crippen LogP contribution in [-0.2, 0) is 22.6 Å². The van der Waals surface area contributed by atoms with Crippen molar-refractivity contribution in [2.75, 3.05) is 33.4 Å². The number of ether oxygens (including phenoxy) is 2. The molecule has 0 radical (unpaired) electrons. The average molecular weight is 447 g/mol. The van der Waals surface area contributed by atoms with Crippen LogP contribution in [0.2, 0.25) is 0 Å². The highest BCUT2D eigenvalue weighted by Crippen LogP contribution is 2.27. The topological polar surface area (TPSA) is 54.9 Å². The number of nitrogens with one attached hydrogen (secondary N) is 2. The van der Waals surface area contributed by atoms with E-state index in [0.717, 1.165) is 31.6 Å². The molecular formula is C18H30IN3O2. The Hall–Kier alpha value is -0.860. The molecule has 1 aliphatic rings. The largest absolute Gasteiger partial charge is 0.379 e. The number of nitrogens with zero attached hydrogens (tertiary/aromatic N) is 1. The van der Waals surface area contributed by atoms with E-state index in [0.29, 0.717) is 19.8 Å². The summed E-state index contributed by atoms with van der Waals surface area (Å²) in [5.74, 6) is 1.71. The molecule has 0 amide bonds. The summed E-state index contributed by atoms with van der Waals surface area (Å²) < 4.78 is 10.9. The quantitative estimate of drug-likeness (QED) is 0.251. The Kier molecular flexibility index (Phi) is 11.0. The maximum absolute atomic E-state index is 5.61. The SMILES string of the molecule is CCOCCOCc1cccc(CNC(=NC)NCC2CC2)c1.I. The third-order valence-corrected chi connectivity index (χ3v) is 3.77. The molecule has 6 heteroatoms. The first-order valence-corrected chi connectivity index (χ1v) is 8.49. The monoisotopic (exact) mass is 447 g/mol. The van der Waals surface area contributed by atoms with Crippen molar-refractivity contribution in [3.8, 4) is 0 Å². The van der Waals surface area contributed by atoms with Crippen LogP contribution in [0.1, 0.15) is 30.9 Å². The fourth-order valence-electron chi connectivity index (χ4n) is 2.25. The summed E-state index contributed by atoms with van der Waals surface area (Å²) in [6, 6.07) is 8.44. The van der Waals surface area contributed by atoms with E-state index in [-0.39, 0.29) is 24.0 Å². The summed E-state index contributed by atoms with van der Waals surface area (Å²) in [4.78, 5) is 4.26. The highest BCUT2D eigenvalue weighted by molar-refractivity contribution is 14.0. The molecule has 24 heavy (non-hydrogen) atoms. The zero-order valence-electron chi connectivity index (χ0n) is 14.7. The molecule has 0 bridgehead atoms. The summed E-state index contributed by atoms with van der Waals surface area (Å²) in [6.07, 6.45) is 2.69. The Morgan fingerprint density at radius 3 is 2.62 bits per heavy atom. The van der Waals surface area contributed by atoms with E-state index in [1.54, 1.807) is 0 Å². The second-order valence-electron chi connectivity index (χ2n) is 5.82. The lowest BCUT2D eigenvalue weighted by Crippen LogP contribution is -2.37. The minimum absolute atomic E-state index is 0. The molecule has 0 saturated heterocycles. The summed E-state index contributed by atoms with van der Waals surface area (Å²) in [5.41, 5.74) is 2.41. The molecule has 1 fully saturated rings. The van der Waals surface area contributed by atoms with Gasteiger partial charge in [-0.15, -0.1) is 24.0 Å². The maximum Gasteiger partial charge on any atom is 0.191 e. The Bertz CT molecular complexity index is 493. The molecule has 2 N–H and O–H groups in total. The first-order chi connectivity index (χ1) is 11.3. The van der Waals surface area contributed by atoms with Crippen molar-refractivity contribution in [2.24, 2.45) is 10.9 Å². The van der Waals surface area contributed by atoms with Crippen LogP contribution in [0.25, 0.3) is 0 Å². The summed E-state index contributed by atoms with van der Waals surface area (Å²) >= 11 is 0. The van der Waals surface area contributed by atoms with E-state index >= 15 is 0 Å². The van der Waals surface area contributed by atoms with E-state index in [1.165, 1.54) is 24.0 Å². The second kappa shape index (κ2) is 12.5. The van der Waals surface area contributed by atoms with Crippen molar-refractivity contribution in [1.29, 1.82) is 0 Å². The van der Waals surface area contributed by atoms with Crippen LogP contribution in [0, 0.1) is 5.92 Å². The standard InChI is InChI=1S/C18H29N3O2.HI/c1-3-22-9-10-23-14-17-6-4-5-16(11-17)13-21-18(19-2)20-12-15-7-8-15;/h4-6,11,15H,3,7-10,12-14H2,1-2H3,(H2,19,20,21);1H. The fraction of sp³-hybridized carbons (Fsp3) is 0.611. The van der Waals surface area contributed by atoms with E-state index < -0.39 is 0 Å². The van der Waals surface area contributed by atoms with Crippen LogP contribution >= 0.6 is 24.0 Å². The van der Waals surface area contributed by atoms with Gasteiger partial charge in [-0.25, -0.2) is 0 Å². The molecule has 5 nitrogen and oxygen atoms in total. The van der Waals surface area contributed by atoms with Crippen molar-refractivity contribution in [3.05, 3.63) is 35.4 Å². The van der Waals surface area contributed by atoms with Gasteiger partial charge in [-0.05, 0) is 36.8 Å². The van der Waals surface area contributed by atoms with E-state index in [1.807, 2.05) is 14.0 Å². The third kappa shape index (κ3) is 8.84. The van der Waals surface area contributed by atoms with Gasteiger partial charge in [0.2, 0.25) is 0 Å². The van der Waals surface area contributed by atoms with Gasteiger partial charge < -0.3 is 20.1 Å². The average Bonchev–Trinajstić information content (AvgIpc) is 3.40. The van der Waals surface area contributed by atoms with Gasteiger partial charge >= 0.3 is 0 Å². The normalized spacial score (nSPS) is 14.2. The lowest BCUT2D eigenvalue weighted by molar-refractivity contribution is 0.0453. The Labute approximate surface area is 162 Å². The van der Waals surface area contributed by atoms with Gasteiger partial charge in [-0.3, -0.25) is 4.99 Å². The Balaban J connectivity index is 0.00000288. The maximum atomic E-state index is 5.61. The van der Waals surface area contributed by atoms with Crippen molar-refractivity contribution >= 4 is 29.9 Å². The molecule has 0 aromatic heterocycles. The molecule has 0 unspecified atom stereocenters. The number of rotatable bonds is 10. The highest BCUT2D eigenvalue weighted by atomic mass is 127. The van der Waals surface area contributed by atoms with Gasteiger partial charge in [0.1, 0.15) is 0 Å². The Morgan fingerprint density at radius 1 is 1.17 bits per heavy atom. The number of aliphatic imine (C=N–C) groups is 1. The number of hydrogen-bond donors (Lipinski definition) is 2. The van der Waals surface area contributed by atoms with Crippen LogP contribution in [0.5, 0.6) is 0 Å². The summed E-state index contributed by atoms with van der Waals surface area (Å²) in [7, 11) is 1.81. The highest BCUT2D eigenvalue weighted by Gasteiger charge is 2.20. The van der Waals surface area contributed by atoms with Crippen molar-refractivity contribution in [3.63, 3.8) is 0 Å². The summed E-state index contributed by atoms with van der Waals surface area (Å²) in [5, 5.41) is 6.73. The van der Waals surface area contributed by atoms with Gasteiger partial charge in [0.15, 0.2) is 5.96 Å². The van der Waals surface area contributed by atoms with Crippen molar-refractivity contribution < 1.29 is 9.47 Å². The zero-order chi connectivity index (χ0) is 16.3. The van der Waals surface area contributed by atoms with E-state index in [4.69, 9.17) is 9.47 Å². The Morgan fingerprint density at radius 2 is 1.92 bits per heavy atom. The third-order valence-electron chi connectivity index (χ3n) is 3.77. The lowest BCUT2D eigenvalue weighted by Gasteiger charge is -2.12. The molecule has 0 spiro atoms. The molecule has 0 aliphatic heterocycles.